The first-order valence-corrected chi connectivity index (χ1v) is 8.81. The summed E-state index contributed by atoms with van der Waals surface area (Å²) in [7, 11) is 0. The Labute approximate surface area is 161 Å². The molecule has 1 saturated heterocycles. The van der Waals surface area contributed by atoms with E-state index in [4.69, 9.17) is 19.7 Å². The third kappa shape index (κ3) is 3.94. The van der Waals surface area contributed by atoms with Gasteiger partial charge in [0.2, 0.25) is 5.82 Å². The zero-order valence-electron chi connectivity index (χ0n) is 15.0. The van der Waals surface area contributed by atoms with Gasteiger partial charge in [-0.1, -0.05) is 23.4 Å². The molecular weight excluding hydrogens is 362 g/mol. The summed E-state index contributed by atoms with van der Waals surface area (Å²) in [5, 5.41) is 4.00. The van der Waals surface area contributed by atoms with Gasteiger partial charge in [-0.2, -0.15) is 4.98 Å². The number of nitrogen functional groups attached to an aromatic ring is 1. The molecule has 1 aromatic carbocycles. The minimum atomic E-state index is -0.471. The van der Waals surface area contributed by atoms with Gasteiger partial charge in [0, 0.05) is 18.3 Å². The van der Waals surface area contributed by atoms with Crippen molar-refractivity contribution in [2.45, 2.75) is 6.04 Å². The molecular formula is C19H19N5O4. The smallest absolute Gasteiger partial charge is 0.261 e. The van der Waals surface area contributed by atoms with Crippen molar-refractivity contribution in [1.29, 1.82) is 0 Å². The number of morpholine rings is 1. The van der Waals surface area contributed by atoms with Gasteiger partial charge in [0.1, 0.15) is 17.6 Å². The Morgan fingerprint density at radius 2 is 2.14 bits per heavy atom. The Morgan fingerprint density at radius 1 is 1.29 bits per heavy atom. The number of carbonyl (C=O) groups is 1. The highest BCUT2D eigenvalue weighted by atomic mass is 16.5. The van der Waals surface area contributed by atoms with Crippen LogP contribution >= 0.6 is 0 Å². The van der Waals surface area contributed by atoms with E-state index < -0.39 is 6.04 Å². The lowest BCUT2D eigenvalue weighted by molar-refractivity contribution is -0.143. The summed E-state index contributed by atoms with van der Waals surface area (Å²) < 4.78 is 16.5. The first kappa shape index (κ1) is 17.9. The van der Waals surface area contributed by atoms with E-state index in [1.165, 1.54) is 0 Å². The van der Waals surface area contributed by atoms with Gasteiger partial charge >= 0.3 is 0 Å². The molecule has 0 aliphatic carbocycles. The van der Waals surface area contributed by atoms with E-state index in [-0.39, 0.29) is 19.1 Å². The van der Waals surface area contributed by atoms with E-state index in [0.717, 1.165) is 0 Å². The number of benzene rings is 1. The number of nitrogens with two attached hydrogens (primary N) is 1. The topological polar surface area (TPSA) is 117 Å². The molecule has 0 spiro atoms. The maximum atomic E-state index is 12.7. The number of pyridine rings is 1. The van der Waals surface area contributed by atoms with Gasteiger partial charge in [0.05, 0.1) is 13.2 Å². The molecule has 0 bridgehead atoms. The molecule has 28 heavy (non-hydrogen) atoms. The Morgan fingerprint density at radius 3 is 2.96 bits per heavy atom. The van der Waals surface area contributed by atoms with Crippen LogP contribution in [-0.4, -0.2) is 52.3 Å². The second-order valence-corrected chi connectivity index (χ2v) is 6.21. The number of carbonyl (C=O) groups excluding carboxylic acids is 1. The number of hydrogen-bond acceptors (Lipinski definition) is 8. The molecule has 2 N–H and O–H groups in total. The fraction of sp³-hybridized carbons (Fsp3) is 0.263. The highest BCUT2D eigenvalue weighted by Gasteiger charge is 2.33. The van der Waals surface area contributed by atoms with Gasteiger partial charge in [0.15, 0.2) is 6.61 Å². The van der Waals surface area contributed by atoms with Crippen LogP contribution in [-0.2, 0) is 9.53 Å². The van der Waals surface area contributed by atoms with Gasteiger partial charge in [-0.15, -0.1) is 0 Å². The summed E-state index contributed by atoms with van der Waals surface area (Å²) in [4.78, 5) is 22.7. The zero-order valence-corrected chi connectivity index (χ0v) is 15.0. The second-order valence-electron chi connectivity index (χ2n) is 6.21. The lowest BCUT2D eigenvalue weighted by Crippen LogP contribution is -2.45. The molecule has 1 atom stereocenters. The molecule has 9 heteroatoms. The third-order valence-electron chi connectivity index (χ3n) is 4.32. The van der Waals surface area contributed by atoms with Crippen molar-refractivity contribution in [2.24, 2.45) is 0 Å². The molecule has 4 rings (SSSR count). The van der Waals surface area contributed by atoms with Crippen LogP contribution in [0.1, 0.15) is 11.9 Å². The SMILES string of the molecule is Nc1cc(-c2noc(C3COCCN3C(=O)COc3ccccc3)n2)ccn1. The standard InChI is InChI=1S/C19H19N5O4/c20-16-10-13(6-7-21-16)18-22-19(28-23-18)15-11-26-9-8-24(15)17(25)12-27-14-4-2-1-3-5-14/h1-7,10,15H,8-9,11-12H2,(H2,20,21). The first-order chi connectivity index (χ1) is 13.7. The molecule has 1 amide bonds. The molecule has 1 unspecified atom stereocenters. The van der Waals surface area contributed by atoms with Crippen LogP contribution in [0.5, 0.6) is 5.75 Å². The van der Waals surface area contributed by atoms with Crippen LogP contribution in [0.15, 0.2) is 53.2 Å². The van der Waals surface area contributed by atoms with Gasteiger partial charge < -0.3 is 24.6 Å². The van der Waals surface area contributed by atoms with Gasteiger partial charge in [-0.25, -0.2) is 4.98 Å². The van der Waals surface area contributed by atoms with E-state index in [2.05, 4.69) is 15.1 Å². The van der Waals surface area contributed by atoms with Crippen molar-refractivity contribution in [3.63, 3.8) is 0 Å². The average Bonchev–Trinajstić information content (AvgIpc) is 3.23. The molecule has 3 heterocycles. The quantitative estimate of drug-likeness (QED) is 0.710. The minimum absolute atomic E-state index is 0.0810. The number of ether oxygens (including phenoxy) is 2. The maximum Gasteiger partial charge on any atom is 0.261 e. The number of aromatic nitrogens is 3. The summed E-state index contributed by atoms with van der Waals surface area (Å²) in [6.45, 7) is 1.05. The highest BCUT2D eigenvalue weighted by molar-refractivity contribution is 5.78. The molecule has 144 valence electrons. The van der Waals surface area contributed by atoms with Crippen molar-refractivity contribution in [2.75, 3.05) is 32.1 Å². The molecule has 0 saturated carbocycles. The van der Waals surface area contributed by atoms with Crippen LogP contribution in [0.25, 0.3) is 11.4 Å². The summed E-state index contributed by atoms with van der Waals surface area (Å²) in [5.41, 5.74) is 6.39. The lowest BCUT2D eigenvalue weighted by Gasteiger charge is -2.33. The Hall–Kier alpha value is -3.46. The maximum absolute atomic E-state index is 12.7. The summed E-state index contributed by atoms with van der Waals surface area (Å²) in [5.74, 6) is 1.50. The monoisotopic (exact) mass is 381 g/mol. The number of rotatable bonds is 5. The van der Waals surface area contributed by atoms with E-state index >= 15 is 0 Å². The first-order valence-electron chi connectivity index (χ1n) is 8.81. The fourth-order valence-electron chi connectivity index (χ4n) is 2.93. The van der Waals surface area contributed by atoms with Crippen molar-refractivity contribution in [1.82, 2.24) is 20.0 Å². The molecule has 1 fully saturated rings. The van der Waals surface area contributed by atoms with Crippen LogP contribution in [0.3, 0.4) is 0 Å². The van der Waals surface area contributed by atoms with E-state index in [1.54, 1.807) is 35.4 Å². The van der Waals surface area contributed by atoms with Crippen LogP contribution < -0.4 is 10.5 Å². The Bertz CT molecular complexity index is 946. The summed E-state index contributed by atoms with van der Waals surface area (Å²) in [6, 6.07) is 12.1. The normalized spacial score (nSPS) is 16.7. The summed E-state index contributed by atoms with van der Waals surface area (Å²) >= 11 is 0. The predicted molar refractivity (Wildman–Crippen MR) is 99.2 cm³/mol. The zero-order chi connectivity index (χ0) is 19.3. The number of para-hydroxylation sites is 1. The van der Waals surface area contributed by atoms with Crippen LogP contribution in [0.2, 0.25) is 0 Å². The van der Waals surface area contributed by atoms with Crippen molar-refractivity contribution < 1.29 is 18.8 Å². The van der Waals surface area contributed by atoms with Crippen LogP contribution in [0, 0.1) is 0 Å². The van der Waals surface area contributed by atoms with Crippen molar-refractivity contribution >= 4 is 11.7 Å². The van der Waals surface area contributed by atoms with Gasteiger partial charge in [-0.05, 0) is 24.3 Å². The van der Waals surface area contributed by atoms with Crippen molar-refractivity contribution in [3.05, 3.63) is 54.6 Å². The van der Waals surface area contributed by atoms with Crippen molar-refractivity contribution in [3.8, 4) is 17.1 Å². The summed E-state index contributed by atoms with van der Waals surface area (Å²) in [6.07, 6.45) is 1.57. The predicted octanol–water partition coefficient (Wildman–Crippen LogP) is 1.69. The van der Waals surface area contributed by atoms with Gasteiger partial charge in [-0.3, -0.25) is 4.79 Å². The molecule has 0 radical (unpaired) electrons. The largest absolute Gasteiger partial charge is 0.484 e. The van der Waals surface area contributed by atoms with E-state index in [1.807, 2.05) is 18.2 Å². The molecule has 9 nitrogen and oxygen atoms in total. The molecule has 3 aromatic rings. The number of anilines is 1. The van der Waals surface area contributed by atoms with Crippen LogP contribution in [0.4, 0.5) is 5.82 Å². The Kier molecular flexibility index (Phi) is 5.16. The number of hydrogen-bond donors (Lipinski definition) is 1. The second kappa shape index (κ2) is 8.05. The van der Waals surface area contributed by atoms with Gasteiger partial charge in [0.25, 0.3) is 11.8 Å². The Balaban J connectivity index is 1.48. The fourth-order valence-corrected chi connectivity index (χ4v) is 2.93. The third-order valence-corrected chi connectivity index (χ3v) is 4.32. The van der Waals surface area contributed by atoms with E-state index in [0.29, 0.717) is 42.0 Å². The molecule has 1 aliphatic heterocycles. The number of nitrogens with zero attached hydrogens (tertiary/aromatic N) is 4. The van der Waals surface area contributed by atoms with E-state index in [9.17, 15) is 4.79 Å². The molecule has 2 aromatic heterocycles. The average molecular weight is 381 g/mol. The number of amides is 1. The minimum Gasteiger partial charge on any atom is -0.484 e. The molecule has 1 aliphatic rings. The highest BCUT2D eigenvalue weighted by Crippen LogP contribution is 2.26. The lowest BCUT2D eigenvalue weighted by atomic mass is 10.2.